The average Bonchev–Trinajstić information content (AvgIpc) is 3.51. The van der Waals surface area contributed by atoms with Crippen LogP contribution < -0.4 is 0 Å². The minimum Gasteiger partial charge on any atom is -0.463 e. The summed E-state index contributed by atoms with van der Waals surface area (Å²) < 4.78 is 59.6. The van der Waals surface area contributed by atoms with E-state index in [1.54, 1.807) is 0 Å². The maximum absolute atomic E-state index is 12.7. The highest BCUT2D eigenvalue weighted by atomic mass is 16.7. The molecule has 0 radical (unpaired) electrons. The Kier molecular flexibility index (Phi) is 39.9. The second kappa shape index (κ2) is 43.3. The van der Waals surface area contributed by atoms with E-state index in [1.807, 2.05) is 0 Å². The van der Waals surface area contributed by atoms with Crippen LogP contribution in [-0.4, -0.2) is 157 Å². The molecule has 1 N–H and O–H groups in total. The van der Waals surface area contributed by atoms with Crippen LogP contribution in [0.5, 0.6) is 0 Å². The van der Waals surface area contributed by atoms with Crippen LogP contribution in [0.25, 0.3) is 0 Å². The van der Waals surface area contributed by atoms with Gasteiger partial charge in [-0.05, 0) is 89.5 Å². The van der Waals surface area contributed by atoms with Crippen LogP contribution in [-0.2, 0) is 114 Å². The Morgan fingerprint density at radius 2 is 0.373 bits per heavy atom. The number of hydrogen-bond donors (Lipinski definition) is 1. The Morgan fingerprint density at radius 1 is 0.229 bits per heavy atom. The van der Waals surface area contributed by atoms with Crippen molar-refractivity contribution in [3.63, 3.8) is 0 Å². The van der Waals surface area contributed by atoms with E-state index in [0.717, 1.165) is 88.5 Å². The van der Waals surface area contributed by atoms with Crippen LogP contribution in [0.2, 0.25) is 0 Å². The molecule has 25 nitrogen and oxygen atoms in total. The van der Waals surface area contributed by atoms with E-state index in [0.29, 0.717) is 6.42 Å². The van der Waals surface area contributed by atoms with E-state index in [1.165, 1.54) is 117 Å². The van der Waals surface area contributed by atoms with Crippen molar-refractivity contribution in [1.29, 1.82) is 0 Å². The second-order valence-electron chi connectivity index (χ2n) is 20.4. The Hall–Kier alpha value is -6.40. The zero-order chi connectivity index (χ0) is 63.2. The predicted molar refractivity (Wildman–Crippen MR) is 292 cm³/mol. The van der Waals surface area contributed by atoms with Gasteiger partial charge in [-0.3, -0.25) is 0 Å². The molecule has 25 heteroatoms. The normalized spacial score (nSPS) is 15.4. The van der Waals surface area contributed by atoms with Crippen LogP contribution in [0.1, 0.15) is 218 Å². The lowest BCUT2D eigenvalue weighted by atomic mass is 10.0. The summed E-state index contributed by atoms with van der Waals surface area (Å²) in [5, 5.41) is 9.21. The van der Waals surface area contributed by atoms with Gasteiger partial charge in [0.25, 0.3) is 0 Å². The minimum atomic E-state index is -1.71. The maximum atomic E-state index is 12.7. The highest BCUT2D eigenvalue weighted by Crippen LogP contribution is 2.17. The largest absolute Gasteiger partial charge is 0.463 e. The molecule has 0 aliphatic rings. The van der Waals surface area contributed by atoms with Crippen molar-refractivity contribution in [3.8, 4) is 0 Å². The summed E-state index contributed by atoms with van der Waals surface area (Å²) in [5.41, 5.74) is 0. The first kappa shape index (κ1) is 76.6. The summed E-state index contributed by atoms with van der Waals surface area (Å²) in [6, 6.07) is 0. The number of aliphatic hydroxyl groups is 1. The molecule has 0 rings (SSSR count). The summed E-state index contributed by atoms with van der Waals surface area (Å²) in [6.07, 6.45) is 5.72. The molecular weight excluding hydrogens is 1100 g/mol. The Morgan fingerprint density at radius 3 is 0.542 bits per heavy atom. The topological polar surface area (TPSA) is 336 Å². The third-order valence-corrected chi connectivity index (χ3v) is 12.5. The van der Waals surface area contributed by atoms with Crippen LogP contribution >= 0.6 is 0 Å². The van der Waals surface area contributed by atoms with Crippen LogP contribution in [0.15, 0.2) is 0 Å². The molecule has 0 aliphatic carbocycles. The number of ether oxygens (including phenoxy) is 12. The van der Waals surface area contributed by atoms with Gasteiger partial charge in [0.1, 0.15) is 6.10 Å². The number of esters is 12. The third kappa shape index (κ3) is 34.7. The molecule has 0 spiro atoms. The summed E-state index contributed by atoms with van der Waals surface area (Å²) in [7, 11) is 0. The van der Waals surface area contributed by atoms with Crippen molar-refractivity contribution in [1.82, 2.24) is 0 Å². The van der Waals surface area contributed by atoms with E-state index in [4.69, 9.17) is 52.1 Å². The molecule has 12 atom stereocenters. The Bertz CT molecular complexity index is 2040. The predicted octanol–water partition coefficient (Wildman–Crippen LogP) is 6.98. The van der Waals surface area contributed by atoms with Crippen LogP contribution in [0.4, 0.5) is 0 Å². The van der Waals surface area contributed by atoms with Crippen molar-refractivity contribution in [2.45, 2.75) is 292 Å². The van der Waals surface area contributed by atoms with Gasteiger partial charge in [0.2, 0.25) is 0 Å². The quantitative estimate of drug-likeness (QED) is 0.0365. The minimum absolute atomic E-state index is 0.160. The van der Waals surface area contributed by atoms with E-state index < -0.39 is 145 Å². The number of carbonyl (C=O) groups is 12. The number of rotatable bonds is 44. The summed E-state index contributed by atoms with van der Waals surface area (Å²) in [4.78, 5) is 149. The molecule has 0 fully saturated rings. The van der Waals surface area contributed by atoms with E-state index in [9.17, 15) is 62.6 Å². The molecule has 0 heterocycles. The number of aliphatic hydroxyl groups excluding tert-OH is 1. The molecule has 0 aromatic rings. The highest BCUT2D eigenvalue weighted by molar-refractivity contribution is 5.89. The zero-order valence-electron chi connectivity index (χ0n) is 51.0. The molecule has 0 aromatic carbocycles. The van der Waals surface area contributed by atoms with Gasteiger partial charge in [0, 0.05) is 0 Å². The van der Waals surface area contributed by atoms with Crippen molar-refractivity contribution in [3.05, 3.63) is 0 Å². The molecule has 0 aliphatic heterocycles. The SMILES string of the molecule is CCCCCCCCCCCCCCCCCCCCCCOC(=O)[C@H](C)OC(=O)[C@H](C)OC(=O)[C@H](C)OC(=O)[C@H](C)OC(=O)[C@H](C)OC(=O)[C@H](C)OC(=O)[C@H](C)OC(=O)[C@H](C)OC(=O)[C@H](C)OC(=O)[C@H](C)OC(=O)[C@H](C)OC(=O)[C@H](C)O. The summed E-state index contributed by atoms with van der Waals surface area (Å²) in [6.45, 7) is 15.7. The van der Waals surface area contributed by atoms with Gasteiger partial charge >= 0.3 is 71.6 Å². The van der Waals surface area contributed by atoms with Crippen molar-refractivity contribution in [2.75, 3.05) is 6.61 Å². The van der Waals surface area contributed by atoms with Gasteiger partial charge < -0.3 is 61.9 Å². The van der Waals surface area contributed by atoms with Gasteiger partial charge in [-0.25, -0.2) is 57.5 Å². The lowest BCUT2D eigenvalue weighted by Crippen LogP contribution is -2.40. The van der Waals surface area contributed by atoms with E-state index >= 15 is 0 Å². The van der Waals surface area contributed by atoms with Crippen molar-refractivity contribution >= 4 is 71.6 Å². The standard InChI is InChI=1S/C58H94O25/c1-14-15-16-17-18-19-20-21-22-23-24-25-26-27-28-29-30-31-32-33-34-72-48(61)36(3)74-50(63)38(5)76-52(65)40(7)78-54(67)42(9)80-56(69)44(11)82-58(71)46(13)83-57(70)45(12)81-55(68)43(10)79-53(66)41(8)77-51(64)39(6)75-49(62)37(4)73-47(60)35(2)59/h35-46,59H,14-34H2,1-13H3/t35-,36-,37-,38-,39-,40-,41-,42-,43-,44-,45-,46-/m0/s1. The number of hydrogen-bond acceptors (Lipinski definition) is 25. The monoisotopic (exact) mass is 1190 g/mol. The molecule has 0 bridgehead atoms. The smallest absolute Gasteiger partial charge is 0.347 e. The molecule has 0 aromatic heterocycles. The average molecular weight is 1190 g/mol. The Labute approximate surface area is 488 Å². The number of unbranched alkanes of at least 4 members (excludes halogenated alkanes) is 19. The van der Waals surface area contributed by atoms with Gasteiger partial charge in [-0.2, -0.15) is 0 Å². The molecule has 83 heavy (non-hydrogen) atoms. The van der Waals surface area contributed by atoms with Crippen molar-refractivity contribution < 1.29 is 119 Å². The molecular formula is C58H94O25. The first-order chi connectivity index (χ1) is 39.0. The number of carbonyl (C=O) groups excluding carboxylic acids is 12. The van der Waals surface area contributed by atoms with E-state index in [-0.39, 0.29) is 6.61 Å². The Balaban J connectivity index is 4.55. The molecule has 0 unspecified atom stereocenters. The molecule has 0 saturated heterocycles. The van der Waals surface area contributed by atoms with Crippen LogP contribution in [0, 0.1) is 0 Å². The lowest BCUT2D eigenvalue weighted by Gasteiger charge is -2.21. The zero-order valence-corrected chi connectivity index (χ0v) is 51.0. The first-order valence-electron chi connectivity index (χ1n) is 29.1. The fourth-order valence-electron chi connectivity index (χ4n) is 7.15. The van der Waals surface area contributed by atoms with E-state index in [2.05, 4.69) is 11.7 Å². The lowest BCUT2D eigenvalue weighted by molar-refractivity contribution is -0.190. The fraction of sp³-hybridized carbons (Fsp3) is 0.793. The third-order valence-electron chi connectivity index (χ3n) is 12.5. The molecule has 0 amide bonds. The fourth-order valence-corrected chi connectivity index (χ4v) is 7.15. The molecule has 476 valence electrons. The van der Waals surface area contributed by atoms with Gasteiger partial charge in [0.05, 0.1) is 6.61 Å². The van der Waals surface area contributed by atoms with Gasteiger partial charge in [0.15, 0.2) is 67.1 Å². The van der Waals surface area contributed by atoms with Gasteiger partial charge in [-0.15, -0.1) is 0 Å². The maximum Gasteiger partial charge on any atom is 0.347 e. The highest BCUT2D eigenvalue weighted by Gasteiger charge is 2.35. The van der Waals surface area contributed by atoms with Crippen molar-refractivity contribution in [2.24, 2.45) is 0 Å². The van der Waals surface area contributed by atoms with Crippen LogP contribution in [0.3, 0.4) is 0 Å². The van der Waals surface area contributed by atoms with Gasteiger partial charge in [-0.1, -0.05) is 129 Å². The summed E-state index contributed by atoms with van der Waals surface area (Å²) >= 11 is 0. The molecule has 0 saturated carbocycles. The second-order valence-corrected chi connectivity index (χ2v) is 20.4. The first-order valence-corrected chi connectivity index (χ1v) is 29.1. The summed E-state index contributed by atoms with van der Waals surface area (Å²) in [5.74, 6) is -14.1.